The van der Waals surface area contributed by atoms with E-state index in [-0.39, 0.29) is 5.57 Å². The second-order valence-electron chi connectivity index (χ2n) is 7.28. The summed E-state index contributed by atoms with van der Waals surface area (Å²) in [4.78, 5) is 29.6. The molecule has 160 valence electrons. The van der Waals surface area contributed by atoms with Gasteiger partial charge in [-0.2, -0.15) is 0 Å². The summed E-state index contributed by atoms with van der Waals surface area (Å²) < 4.78 is 5.14. The minimum atomic E-state index is -0.690. The third-order valence-corrected chi connectivity index (χ3v) is 6.55. The zero-order valence-electron chi connectivity index (χ0n) is 17.6. The van der Waals surface area contributed by atoms with E-state index in [2.05, 4.69) is 13.8 Å². The van der Waals surface area contributed by atoms with E-state index in [9.17, 15) is 14.7 Å². The Morgan fingerprint density at radius 1 is 1.17 bits per heavy atom. The Bertz CT molecular complexity index is 902. The van der Waals surface area contributed by atoms with Crippen LogP contribution in [0.15, 0.2) is 47.4 Å². The highest BCUT2D eigenvalue weighted by atomic mass is 32.1. The van der Waals surface area contributed by atoms with Crippen molar-refractivity contribution >= 4 is 28.8 Å². The zero-order valence-corrected chi connectivity index (χ0v) is 18.5. The standard InChI is InChI=1S/C23H28N2O4S/c1-4-24(5-2)13-7-14-25-20(18-8-6-15-30-18)19(22(27)23(25)28)21(26)16-9-11-17(29-3)12-10-16/h6,8-12,15,20,26H,4-5,7,13-14H2,1-3H3/b21-19+. The highest BCUT2D eigenvalue weighted by Gasteiger charge is 2.44. The molecule has 1 aromatic carbocycles. The lowest BCUT2D eigenvalue weighted by Crippen LogP contribution is -3.11. The van der Waals surface area contributed by atoms with Gasteiger partial charge in [-0.3, -0.25) is 9.59 Å². The monoisotopic (exact) mass is 428 g/mol. The van der Waals surface area contributed by atoms with Crippen molar-refractivity contribution in [2.45, 2.75) is 26.3 Å². The molecule has 7 heteroatoms. The number of methoxy groups -OCH3 is 1. The number of rotatable bonds is 9. The van der Waals surface area contributed by atoms with Crippen molar-refractivity contribution in [3.05, 3.63) is 57.8 Å². The molecule has 3 rings (SSSR count). The molecule has 0 radical (unpaired) electrons. The molecule has 2 heterocycles. The highest BCUT2D eigenvalue weighted by molar-refractivity contribution is 7.10. The summed E-state index contributed by atoms with van der Waals surface area (Å²) in [7, 11) is 1.55. The number of likely N-dealkylation sites (tertiary alicyclic amines) is 1. The molecule has 0 bridgehead atoms. The van der Waals surface area contributed by atoms with Gasteiger partial charge in [0.2, 0.25) is 5.78 Å². The predicted octanol–water partition coefficient (Wildman–Crippen LogP) is 1.30. The van der Waals surface area contributed by atoms with E-state index in [0.717, 1.165) is 30.9 Å². The van der Waals surface area contributed by atoms with E-state index in [1.165, 1.54) is 16.2 Å². The van der Waals surface area contributed by atoms with Gasteiger partial charge in [-0.1, -0.05) is 24.0 Å². The first-order chi connectivity index (χ1) is 14.5. The van der Waals surface area contributed by atoms with Gasteiger partial charge in [0.25, 0.3) is 5.91 Å². The first kappa shape index (κ1) is 22.1. The van der Waals surface area contributed by atoms with Gasteiger partial charge in [0, 0.05) is 23.4 Å². The lowest BCUT2D eigenvalue weighted by Gasteiger charge is -2.27. The van der Waals surface area contributed by atoms with Gasteiger partial charge < -0.3 is 19.6 Å². The molecule has 1 atom stereocenters. The molecule has 1 fully saturated rings. The van der Waals surface area contributed by atoms with Crippen LogP contribution in [0.5, 0.6) is 5.75 Å². The number of hydrogen-bond donors (Lipinski definition) is 1. The minimum absolute atomic E-state index is 0.0443. The minimum Gasteiger partial charge on any atom is -0.872 e. The van der Waals surface area contributed by atoms with Crippen molar-refractivity contribution in [3.63, 3.8) is 0 Å². The van der Waals surface area contributed by atoms with E-state index in [1.807, 2.05) is 17.5 Å². The molecule has 1 unspecified atom stereocenters. The Balaban J connectivity index is 1.95. The van der Waals surface area contributed by atoms with Gasteiger partial charge >= 0.3 is 0 Å². The van der Waals surface area contributed by atoms with Gasteiger partial charge in [-0.05, 0) is 43.0 Å². The summed E-state index contributed by atoms with van der Waals surface area (Å²) in [5.74, 6) is -1.05. The Morgan fingerprint density at radius 3 is 2.43 bits per heavy atom. The van der Waals surface area contributed by atoms with E-state index < -0.39 is 23.5 Å². The second kappa shape index (κ2) is 9.91. The lowest BCUT2D eigenvalue weighted by molar-refractivity contribution is -0.896. The lowest BCUT2D eigenvalue weighted by atomic mass is 10.00. The molecule has 1 saturated heterocycles. The van der Waals surface area contributed by atoms with Gasteiger partial charge in [0.05, 0.1) is 32.8 Å². The van der Waals surface area contributed by atoms with Crippen LogP contribution in [0.3, 0.4) is 0 Å². The maximum Gasteiger partial charge on any atom is 0.295 e. The molecular weight excluding hydrogens is 400 g/mol. The number of Topliss-reactive ketones (excluding diaryl/α,β-unsaturated/α-hetero) is 1. The number of ketones is 1. The number of amides is 1. The van der Waals surface area contributed by atoms with Crippen molar-refractivity contribution in [3.8, 4) is 5.75 Å². The van der Waals surface area contributed by atoms with Crippen LogP contribution >= 0.6 is 11.3 Å². The molecular formula is C23H28N2O4S. The van der Waals surface area contributed by atoms with Crippen molar-refractivity contribution in [1.82, 2.24) is 4.90 Å². The fourth-order valence-electron chi connectivity index (χ4n) is 3.84. The number of ether oxygens (including phenoxy) is 1. The van der Waals surface area contributed by atoms with Crippen molar-refractivity contribution in [2.75, 3.05) is 33.3 Å². The number of thiophene rings is 1. The average Bonchev–Trinajstić information content (AvgIpc) is 3.38. The molecule has 30 heavy (non-hydrogen) atoms. The van der Waals surface area contributed by atoms with E-state index >= 15 is 0 Å². The van der Waals surface area contributed by atoms with Crippen LogP contribution in [-0.2, 0) is 9.59 Å². The first-order valence-electron chi connectivity index (χ1n) is 10.3. The molecule has 0 saturated carbocycles. The Labute approximate surface area is 181 Å². The molecule has 1 aromatic heterocycles. The van der Waals surface area contributed by atoms with Gasteiger partial charge in [0.1, 0.15) is 5.75 Å². The summed E-state index contributed by atoms with van der Waals surface area (Å²) in [6.45, 7) is 7.69. The number of nitrogens with one attached hydrogen (secondary N) is 1. The van der Waals surface area contributed by atoms with Gasteiger partial charge in [-0.15, -0.1) is 11.3 Å². The van der Waals surface area contributed by atoms with E-state index in [0.29, 0.717) is 17.9 Å². The van der Waals surface area contributed by atoms with Crippen molar-refractivity contribution < 1.29 is 24.3 Å². The predicted molar refractivity (Wildman–Crippen MR) is 115 cm³/mol. The summed E-state index contributed by atoms with van der Waals surface area (Å²) in [5, 5.41) is 15.2. The Morgan fingerprint density at radius 2 is 1.87 bits per heavy atom. The third kappa shape index (κ3) is 4.42. The third-order valence-electron chi connectivity index (χ3n) is 5.62. The first-order valence-corrected chi connectivity index (χ1v) is 11.2. The quantitative estimate of drug-likeness (QED) is 0.371. The number of quaternary nitrogens is 1. The van der Waals surface area contributed by atoms with Gasteiger partial charge in [-0.25, -0.2) is 0 Å². The van der Waals surface area contributed by atoms with E-state index in [1.54, 1.807) is 36.3 Å². The maximum absolute atomic E-state index is 13.3. The SMILES string of the molecule is CC[NH+](CC)CCCN1C(=O)C(=O)/C(=C(/[O-])c2ccc(OC)cc2)C1c1cccs1. The second-order valence-corrected chi connectivity index (χ2v) is 8.26. The summed E-state index contributed by atoms with van der Waals surface area (Å²) in [6, 6.07) is 9.76. The molecule has 1 N–H and O–H groups in total. The largest absolute Gasteiger partial charge is 0.872 e. The van der Waals surface area contributed by atoms with Crippen LogP contribution in [-0.4, -0.2) is 49.9 Å². The van der Waals surface area contributed by atoms with Crippen molar-refractivity contribution in [1.29, 1.82) is 0 Å². The van der Waals surface area contributed by atoms with Crippen LogP contribution in [0.1, 0.15) is 36.8 Å². The summed E-state index contributed by atoms with van der Waals surface area (Å²) in [6.07, 6.45) is 0.780. The van der Waals surface area contributed by atoms with Crippen LogP contribution in [0.4, 0.5) is 0 Å². The molecule has 1 aliphatic heterocycles. The maximum atomic E-state index is 13.3. The van der Waals surface area contributed by atoms with Crippen molar-refractivity contribution in [2.24, 2.45) is 0 Å². The normalized spacial score (nSPS) is 18.4. The number of carbonyl (C=O) groups excluding carboxylic acids is 2. The van der Waals surface area contributed by atoms with Crippen LogP contribution in [0.2, 0.25) is 0 Å². The van der Waals surface area contributed by atoms with E-state index in [4.69, 9.17) is 4.74 Å². The van der Waals surface area contributed by atoms with Gasteiger partial charge in [0.15, 0.2) is 0 Å². The Kier molecular flexibility index (Phi) is 7.29. The molecule has 0 spiro atoms. The fourth-order valence-corrected chi connectivity index (χ4v) is 4.69. The molecule has 1 amide bonds. The summed E-state index contributed by atoms with van der Waals surface area (Å²) >= 11 is 1.45. The molecule has 1 aliphatic rings. The smallest absolute Gasteiger partial charge is 0.295 e. The number of nitrogens with zero attached hydrogens (tertiary/aromatic N) is 1. The number of hydrogen-bond acceptors (Lipinski definition) is 5. The van der Waals surface area contributed by atoms with Crippen LogP contribution in [0.25, 0.3) is 5.76 Å². The van der Waals surface area contributed by atoms with Crippen LogP contribution in [0, 0.1) is 0 Å². The molecule has 6 nitrogen and oxygen atoms in total. The Hall–Kier alpha value is -2.64. The highest BCUT2D eigenvalue weighted by Crippen LogP contribution is 2.40. The summed E-state index contributed by atoms with van der Waals surface area (Å²) in [5.41, 5.74) is 0.422. The fraction of sp³-hybridized carbons (Fsp3) is 0.391. The number of carbonyl (C=O) groups is 2. The topological polar surface area (TPSA) is 74.1 Å². The number of benzene rings is 1. The average molecular weight is 429 g/mol. The molecule has 0 aliphatic carbocycles. The molecule has 2 aromatic rings. The zero-order chi connectivity index (χ0) is 21.7. The van der Waals surface area contributed by atoms with Crippen LogP contribution < -0.4 is 14.7 Å².